The van der Waals surface area contributed by atoms with Crippen molar-refractivity contribution in [2.45, 2.75) is 32.9 Å². The Balaban J connectivity index is 1.92. The number of ether oxygens (including phenoxy) is 1. The summed E-state index contributed by atoms with van der Waals surface area (Å²) in [7, 11) is 0. The van der Waals surface area contributed by atoms with Crippen molar-refractivity contribution in [3.05, 3.63) is 54.0 Å². The van der Waals surface area contributed by atoms with Crippen molar-refractivity contribution < 1.29 is 28.3 Å². The first-order valence-electron chi connectivity index (χ1n) is 8.25. The Labute approximate surface area is 155 Å². The molecule has 2 N–H and O–H groups in total. The van der Waals surface area contributed by atoms with E-state index in [0.29, 0.717) is 11.3 Å². The smallest absolute Gasteiger partial charge is 0.329 e. The summed E-state index contributed by atoms with van der Waals surface area (Å²) in [6.45, 7) is 4.21. The van der Waals surface area contributed by atoms with Crippen LogP contribution in [0.2, 0.25) is 0 Å². The number of hydrogen-bond donors (Lipinski definition) is 2. The first-order chi connectivity index (χ1) is 12.8. The van der Waals surface area contributed by atoms with E-state index < -0.39 is 29.9 Å². The molecule has 0 spiro atoms. The highest BCUT2D eigenvalue weighted by atomic mass is 16.5. The maximum absolute atomic E-state index is 12.3. The van der Waals surface area contributed by atoms with Crippen LogP contribution in [0.15, 0.2) is 47.1 Å². The van der Waals surface area contributed by atoms with Crippen LogP contribution in [0.1, 0.15) is 41.7 Å². The fourth-order valence-electron chi connectivity index (χ4n) is 2.20. The zero-order chi connectivity index (χ0) is 20.0. The fraction of sp³-hybridized carbons (Fsp3) is 0.263. The molecule has 142 valence electrons. The Bertz CT molecular complexity index is 844. The number of carbonyl (C=O) groups excluding carboxylic acids is 4. The molecule has 0 saturated heterocycles. The van der Waals surface area contributed by atoms with Gasteiger partial charge in [0.2, 0.25) is 0 Å². The highest BCUT2D eigenvalue weighted by Gasteiger charge is 2.24. The minimum atomic E-state index is -1.12. The van der Waals surface area contributed by atoms with Crippen LogP contribution in [0.3, 0.4) is 0 Å². The van der Waals surface area contributed by atoms with Crippen LogP contribution in [0.4, 0.5) is 5.69 Å². The molecule has 0 bridgehead atoms. The molecule has 0 aliphatic heterocycles. The van der Waals surface area contributed by atoms with E-state index in [9.17, 15) is 19.2 Å². The molecule has 2 atom stereocenters. The van der Waals surface area contributed by atoms with Crippen molar-refractivity contribution in [1.82, 2.24) is 5.32 Å². The highest BCUT2D eigenvalue weighted by molar-refractivity contribution is 6.04. The van der Waals surface area contributed by atoms with Crippen LogP contribution in [-0.4, -0.2) is 35.7 Å². The maximum atomic E-state index is 12.3. The molecule has 1 aromatic carbocycles. The Morgan fingerprint density at radius 1 is 1.04 bits per heavy atom. The molecular formula is C19H20N2O6. The number of furan rings is 1. The number of hydrogen-bond acceptors (Lipinski definition) is 6. The van der Waals surface area contributed by atoms with Crippen LogP contribution >= 0.6 is 0 Å². The van der Waals surface area contributed by atoms with E-state index >= 15 is 0 Å². The topological polar surface area (TPSA) is 115 Å². The van der Waals surface area contributed by atoms with Gasteiger partial charge in [0.25, 0.3) is 11.8 Å². The van der Waals surface area contributed by atoms with Gasteiger partial charge < -0.3 is 19.8 Å². The van der Waals surface area contributed by atoms with Crippen LogP contribution in [0.25, 0.3) is 0 Å². The van der Waals surface area contributed by atoms with Gasteiger partial charge in [-0.25, -0.2) is 4.79 Å². The van der Waals surface area contributed by atoms with Crippen LogP contribution in [0.5, 0.6) is 0 Å². The first-order valence-corrected chi connectivity index (χ1v) is 8.25. The van der Waals surface area contributed by atoms with Gasteiger partial charge in [-0.1, -0.05) is 12.1 Å². The quantitative estimate of drug-likeness (QED) is 0.569. The summed E-state index contributed by atoms with van der Waals surface area (Å²) in [5.41, 5.74) is 0.681. The number of Topliss-reactive ketones (excluding diaryl/α,β-unsaturated/α-hetero) is 1. The summed E-state index contributed by atoms with van der Waals surface area (Å²) in [5, 5.41) is 4.98. The molecule has 2 aromatic rings. The summed E-state index contributed by atoms with van der Waals surface area (Å²) in [6.07, 6.45) is 0.212. The second kappa shape index (κ2) is 8.79. The lowest BCUT2D eigenvalue weighted by Crippen LogP contribution is -2.42. The van der Waals surface area contributed by atoms with E-state index in [1.807, 2.05) is 0 Å². The van der Waals surface area contributed by atoms with Crippen LogP contribution in [-0.2, 0) is 14.3 Å². The third-order valence-corrected chi connectivity index (χ3v) is 3.67. The zero-order valence-corrected chi connectivity index (χ0v) is 15.1. The van der Waals surface area contributed by atoms with Crippen molar-refractivity contribution in [2.75, 3.05) is 5.32 Å². The lowest BCUT2D eigenvalue weighted by molar-refractivity contribution is -0.154. The molecule has 0 fully saturated rings. The van der Waals surface area contributed by atoms with Crippen molar-refractivity contribution >= 4 is 29.3 Å². The molecule has 0 aliphatic rings. The molecule has 0 radical (unpaired) electrons. The maximum Gasteiger partial charge on any atom is 0.329 e. The van der Waals surface area contributed by atoms with E-state index in [1.165, 1.54) is 33.1 Å². The average molecular weight is 372 g/mol. The molecule has 8 heteroatoms. The van der Waals surface area contributed by atoms with E-state index in [-0.39, 0.29) is 11.5 Å². The Morgan fingerprint density at radius 3 is 2.37 bits per heavy atom. The van der Waals surface area contributed by atoms with Gasteiger partial charge in [-0.2, -0.15) is 0 Å². The van der Waals surface area contributed by atoms with Crippen LogP contribution in [0, 0.1) is 0 Å². The van der Waals surface area contributed by atoms with Gasteiger partial charge >= 0.3 is 5.97 Å². The number of benzene rings is 1. The van der Waals surface area contributed by atoms with E-state index in [0.717, 1.165) is 0 Å². The molecule has 1 heterocycles. The Kier molecular flexibility index (Phi) is 6.48. The third kappa shape index (κ3) is 5.27. The molecule has 0 unspecified atom stereocenters. The number of carbonyl (C=O) groups is 4. The molecule has 0 saturated carbocycles. The van der Waals surface area contributed by atoms with Crippen molar-refractivity contribution in [3.8, 4) is 0 Å². The monoisotopic (exact) mass is 372 g/mol. The molecule has 2 rings (SSSR count). The SMILES string of the molecule is CC(=O)c1ccccc1NC(=O)[C@@H](C)OC(=O)[C@H](C)NC(=O)c1ccco1. The summed E-state index contributed by atoms with van der Waals surface area (Å²) in [6, 6.07) is 8.53. The number of esters is 1. The van der Waals surface area contributed by atoms with Gasteiger partial charge in [-0.3, -0.25) is 14.4 Å². The zero-order valence-electron chi connectivity index (χ0n) is 15.1. The second-order valence-corrected chi connectivity index (χ2v) is 5.84. The number of nitrogens with one attached hydrogen (secondary N) is 2. The van der Waals surface area contributed by atoms with Crippen LogP contribution < -0.4 is 10.6 Å². The largest absolute Gasteiger partial charge is 0.459 e. The minimum absolute atomic E-state index is 0.0567. The Morgan fingerprint density at radius 2 is 1.74 bits per heavy atom. The fourth-order valence-corrected chi connectivity index (χ4v) is 2.20. The van der Waals surface area contributed by atoms with E-state index in [1.54, 1.807) is 30.3 Å². The van der Waals surface area contributed by atoms with Gasteiger partial charge in [-0.15, -0.1) is 0 Å². The lowest BCUT2D eigenvalue weighted by Gasteiger charge is -2.18. The first kappa shape index (κ1) is 19.9. The number of amides is 2. The molecule has 1 aromatic heterocycles. The van der Waals surface area contributed by atoms with E-state index in [4.69, 9.17) is 9.15 Å². The standard InChI is InChI=1S/C19H20N2O6/c1-11(20-18(24)16-9-6-10-26-16)19(25)27-13(3)17(23)21-15-8-5-4-7-14(15)12(2)22/h4-11,13H,1-3H3,(H,20,24)(H,21,23)/t11-,13+/m0/s1. The predicted molar refractivity (Wildman–Crippen MR) is 96.3 cm³/mol. The van der Waals surface area contributed by atoms with Crippen molar-refractivity contribution in [2.24, 2.45) is 0 Å². The predicted octanol–water partition coefficient (Wildman–Crippen LogP) is 2.17. The second-order valence-electron chi connectivity index (χ2n) is 5.84. The lowest BCUT2D eigenvalue weighted by atomic mass is 10.1. The summed E-state index contributed by atoms with van der Waals surface area (Å²) >= 11 is 0. The average Bonchev–Trinajstić information content (AvgIpc) is 3.16. The highest BCUT2D eigenvalue weighted by Crippen LogP contribution is 2.16. The molecule has 2 amide bonds. The van der Waals surface area contributed by atoms with E-state index in [2.05, 4.69) is 10.6 Å². The molecule has 27 heavy (non-hydrogen) atoms. The van der Waals surface area contributed by atoms with Gasteiger partial charge in [-0.05, 0) is 45.0 Å². The van der Waals surface area contributed by atoms with Gasteiger partial charge in [0.15, 0.2) is 17.6 Å². The summed E-state index contributed by atoms with van der Waals surface area (Å²) in [5.74, 6) is -2.10. The van der Waals surface area contributed by atoms with Gasteiger partial charge in [0.05, 0.1) is 12.0 Å². The Hall–Kier alpha value is -3.42. The van der Waals surface area contributed by atoms with Crippen molar-refractivity contribution in [3.63, 3.8) is 0 Å². The number of ketones is 1. The molecule has 8 nitrogen and oxygen atoms in total. The summed E-state index contributed by atoms with van der Waals surface area (Å²) in [4.78, 5) is 47.8. The van der Waals surface area contributed by atoms with Gasteiger partial charge in [0, 0.05) is 5.56 Å². The normalized spacial score (nSPS) is 12.6. The van der Waals surface area contributed by atoms with Gasteiger partial charge in [0.1, 0.15) is 6.04 Å². The summed E-state index contributed by atoms with van der Waals surface area (Å²) < 4.78 is 10.0. The molecule has 0 aliphatic carbocycles. The molecular weight excluding hydrogens is 352 g/mol. The number of para-hydroxylation sites is 1. The van der Waals surface area contributed by atoms with Crippen molar-refractivity contribution in [1.29, 1.82) is 0 Å². The minimum Gasteiger partial charge on any atom is -0.459 e. The number of rotatable bonds is 7. The third-order valence-electron chi connectivity index (χ3n) is 3.67. The number of anilines is 1.